The maximum Gasteiger partial charge on any atom is 0.412 e. The summed E-state index contributed by atoms with van der Waals surface area (Å²) in [5.41, 5.74) is 9.76. The number of piperidine rings is 1. The van der Waals surface area contributed by atoms with Crippen LogP contribution in [0.1, 0.15) is 123 Å². The summed E-state index contributed by atoms with van der Waals surface area (Å²) in [4.78, 5) is 36.6. The van der Waals surface area contributed by atoms with Crippen molar-refractivity contribution >= 4 is 40.4 Å². The Morgan fingerprint density at radius 2 is 1.79 bits per heavy atom. The highest BCUT2D eigenvalue weighted by atomic mass is 35.5. The number of likely N-dealkylation sites (tertiary alicyclic amines) is 1. The van der Waals surface area contributed by atoms with Crippen LogP contribution < -0.4 is 5.73 Å². The van der Waals surface area contributed by atoms with E-state index >= 15 is 4.39 Å². The number of aliphatic imine (C=N–C) groups is 2. The lowest BCUT2D eigenvalue weighted by Gasteiger charge is -2.41. The van der Waals surface area contributed by atoms with Gasteiger partial charge < -0.3 is 15.5 Å². The van der Waals surface area contributed by atoms with Crippen molar-refractivity contribution in [1.82, 2.24) is 9.80 Å². The van der Waals surface area contributed by atoms with Gasteiger partial charge in [-0.2, -0.15) is 13.2 Å². The van der Waals surface area contributed by atoms with Gasteiger partial charge in [0.15, 0.2) is 5.78 Å². The van der Waals surface area contributed by atoms with E-state index in [4.69, 9.17) is 17.3 Å². The third-order valence-electron chi connectivity index (χ3n) is 9.49. The van der Waals surface area contributed by atoms with Gasteiger partial charge in [-0.05, 0) is 89.0 Å². The molecule has 1 amide bonds. The lowest BCUT2D eigenvalue weighted by Crippen LogP contribution is -2.43. The molecule has 12 heteroatoms. The topological polar surface area (TPSA) is 91.4 Å². The molecule has 288 valence electrons. The molecule has 1 saturated heterocycles. The van der Waals surface area contributed by atoms with Crippen molar-refractivity contribution in [3.63, 3.8) is 0 Å². The zero-order valence-corrected chi connectivity index (χ0v) is 32.9. The molecule has 3 rings (SSSR count). The molecule has 0 radical (unpaired) electrons. The molecule has 0 saturated carbocycles. The maximum absolute atomic E-state index is 15.7. The molecule has 3 atom stereocenters. The first-order valence-electron chi connectivity index (χ1n) is 18.2. The number of hydrogen-bond acceptors (Lipinski definition) is 6. The zero-order chi connectivity index (χ0) is 39.5. The summed E-state index contributed by atoms with van der Waals surface area (Å²) >= 11 is 6.63. The predicted molar refractivity (Wildman–Crippen MR) is 206 cm³/mol. The minimum atomic E-state index is -4.25. The van der Waals surface area contributed by atoms with Gasteiger partial charge in [0.25, 0.3) is 0 Å². The second-order valence-electron chi connectivity index (χ2n) is 13.5. The number of benzene rings is 1. The van der Waals surface area contributed by atoms with E-state index < -0.39 is 17.6 Å². The quantitative estimate of drug-likeness (QED) is 0.131. The standard InChI is InChI=1S/C28H36ClFN4O2.C12H20F3N/c1-7-16(3)25(26-23(29)12-21(18(5)35)13-24(26)30)27-28(31)32-14-22(8-2)34(27)17(4)20-10-9-11-33(15-20)19(6)36;1-5-7-11(16-10(4)6-2)8-9(3)12(13,14)15/h12-14,16,20H,4,7-11,15H2,1-3,5-6H3,(H2,31,32);8,10H,5-7H2,1-4H3/b27-25+;9-8+,16-11?. The van der Waals surface area contributed by atoms with Crippen LogP contribution in [0.15, 0.2) is 63.6 Å². The molecule has 2 N–H and O–H groups in total. The number of alkyl halides is 3. The van der Waals surface area contributed by atoms with E-state index in [2.05, 4.69) is 16.6 Å². The molecule has 2 heterocycles. The van der Waals surface area contributed by atoms with Crippen molar-refractivity contribution < 1.29 is 27.2 Å². The van der Waals surface area contributed by atoms with E-state index in [1.165, 1.54) is 19.1 Å². The molecule has 2 aliphatic rings. The SMILES string of the molecule is C=C(C1CCCN(C(C)=O)C1)N1C(CC)=CN=C(N)/C1=C(\c1c(F)cc(C(C)=O)cc1Cl)C(C)CC.CCCC(/C=C(\C)C(F)(F)F)=NC(C)CC. The van der Waals surface area contributed by atoms with E-state index in [1.807, 2.05) is 51.3 Å². The molecule has 0 aliphatic carbocycles. The van der Waals surface area contributed by atoms with Gasteiger partial charge in [-0.15, -0.1) is 0 Å². The normalized spacial score (nSPS) is 19.2. The summed E-state index contributed by atoms with van der Waals surface area (Å²) in [6.45, 7) is 21.6. The highest BCUT2D eigenvalue weighted by molar-refractivity contribution is 6.33. The number of halogens is 5. The van der Waals surface area contributed by atoms with Gasteiger partial charge >= 0.3 is 6.18 Å². The number of carbonyl (C=O) groups excluding carboxylic acids is 2. The lowest BCUT2D eigenvalue weighted by molar-refractivity contribution is -0.130. The monoisotopic (exact) mass is 749 g/mol. The largest absolute Gasteiger partial charge is 0.412 e. The molecule has 3 unspecified atom stereocenters. The lowest BCUT2D eigenvalue weighted by atomic mass is 9.86. The Hall–Kier alpha value is -3.73. The molecule has 1 fully saturated rings. The number of rotatable bonds is 12. The summed E-state index contributed by atoms with van der Waals surface area (Å²) in [5, 5.41) is 0.148. The number of amidine groups is 1. The van der Waals surface area contributed by atoms with Crippen molar-refractivity contribution in [2.45, 2.75) is 119 Å². The number of carbonyl (C=O) groups is 2. The number of ketones is 1. The average Bonchev–Trinajstić information content (AvgIpc) is 3.09. The smallest absolute Gasteiger partial charge is 0.382 e. The molecular formula is C40H56ClF4N5O2. The number of allylic oxidation sites excluding steroid dienone is 4. The second kappa shape index (κ2) is 19.9. The second-order valence-corrected chi connectivity index (χ2v) is 13.9. The van der Waals surface area contributed by atoms with E-state index in [0.717, 1.165) is 56.6 Å². The minimum absolute atomic E-state index is 0.0112. The van der Waals surface area contributed by atoms with Crippen LogP contribution in [0.4, 0.5) is 17.6 Å². The van der Waals surface area contributed by atoms with Crippen LogP contribution in [-0.4, -0.2) is 58.3 Å². The van der Waals surface area contributed by atoms with Crippen molar-refractivity contribution in [1.29, 1.82) is 0 Å². The third kappa shape index (κ3) is 11.6. The Labute approximate surface area is 312 Å². The molecule has 1 aromatic rings. The fraction of sp³-hybridized carbons (Fsp3) is 0.550. The highest BCUT2D eigenvalue weighted by Gasteiger charge is 2.35. The molecule has 0 spiro atoms. The van der Waals surface area contributed by atoms with Gasteiger partial charge in [-0.3, -0.25) is 14.6 Å². The summed E-state index contributed by atoms with van der Waals surface area (Å²) in [7, 11) is 0. The Kier molecular flexibility index (Phi) is 17.0. The van der Waals surface area contributed by atoms with Crippen molar-refractivity contribution in [3.05, 3.63) is 75.6 Å². The van der Waals surface area contributed by atoms with Crippen molar-refractivity contribution in [2.75, 3.05) is 13.1 Å². The Bertz CT molecular complexity index is 1600. The molecule has 52 heavy (non-hydrogen) atoms. The molecule has 0 bridgehead atoms. The summed E-state index contributed by atoms with van der Waals surface area (Å²) in [6, 6.07) is 2.81. The first-order chi connectivity index (χ1) is 24.3. The number of nitrogens with zero attached hydrogens (tertiary/aromatic N) is 4. The van der Waals surface area contributed by atoms with Crippen LogP contribution in [-0.2, 0) is 4.79 Å². The zero-order valence-electron chi connectivity index (χ0n) is 32.2. The molecule has 1 aromatic carbocycles. The molecular weight excluding hydrogens is 694 g/mol. The average molecular weight is 750 g/mol. The number of amides is 1. The third-order valence-corrected chi connectivity index (χ3v) is 9.78. The van der Waals surface area contributed by atoms with Crippen LogP contribution >= 0.6 is 11.6 Å². The van der Waals surface area contributed by atoms with Crippen LogP contribution in [0.3, 0.4) is 0 Å². The van der Waals surface area contributed by atoms with Gasteiger partial charge in [-0.1, -0.05) is 59.2 Å². The van der Waals surface area contributed by atoms with E-state index in [0.29, 0.717) is 42.8 Å². The highest BCUT2D eigenvalue weighted by Crippen LogP contribution is 2.42. The maximum atomic E-state index is 15.7. The fourth-order valence-electron chi connectivity index (χ4n) is 6.05. The molecule has 2 aliphatic heterocycles. The molecule has 7 nitrogen and oxygen atoms in total. The Morgan fingerprint density at radius 1 is 1.13 bits per heavy atom. The fourth-order valence-corrected chi connectivity index (χ4v) is 6.36. The van der Waals surface area contributed by atoms with E-state index in [1.54, 1.807) is 13.1 Å². The van der Waals surface area contributed by atoms with Crippen LogP contribution in [0.25, 0.3) is 5.57 Å². The summed E-state index contributed by atoms with van der Waals surface area (Å²) in [6.07, 6.45) is 3.97. The first-order valence-corrected chi connectivity index (χ1v) is 18.5. The summed E-state index contributed by atoms with van der Waals surface area (Å²) in [5.74, 6) is -0.685. The molecule has 0 aromatic heterocycles. The van der Waals surface area contributed by atoms with Crippen LogP contribution in [0, 0.1) is 17.7 Å². The Morgan fingerprint density at radius 3 is 2.29 bits per heavy atom. The van der Waals surface area contributed by atoms with Gasteiger partial charge in [-0.25, -0.2) is 9.38 Å². The van der Waals surface area contributed by atoms with E-state index in [-0.39, 0.29) is 51.6 Å². The van der Waals surface area contributed by atoms with Crippen LogP contribution in [0.5, 0.6) is 0 Å². The predicted octanol–water partition coefficient (Wildman–Crippen LogP) is 10.7. The van der Waals surface area contributed by atoms with Crippen molar-refractivity contribution in [2.24, 2.45) is 27.6 Å². The summed E-state index contributed by atoms with van der Waals surface area (Å²) < 4.78 is 52.7. The van der Waals surface area contributed by atoms with Gasteiger partial charge in [0.05, 0.1) is 10.7 Å². The van der Waals surface area contributed by atoms with Gasteiger partial charge in [0.2, 0.25) is 5.91 Å². The minimum Gasteiger partial charge on any atom is -0.382 e. The van der Waals surface area contributed by atoms with Gasteiger partial charge in [0, 0.05) is 72.0 Å². The number of Topliss-reactive ketones (excluding diaryl/α,β-unsaturated/α-hetero) is 1. The Balaban J connectivity index is 0.000000493. The van der Waals surface area contributed by atoms with Crippen molar-refractivity contribution in [3.8, 4) is 0 Å². The number of hydrogen-bond donors (Lipinski definition) is 1. The number of nitrogens with two attached hydrogens (primary N) is 1. The van der Waals surface area contributed by atoms with Crippen LogP contribution in [0.2, 0.25) is 5.02 Å². The van der Waals surface area contributed by atoms with E-state index in [9.17, 15) is 22.8 Å². The first kappa shape index (κ1) is 44.4. The van der Waals surface area contributed by atoms with Gasteiger partial charge in [0.1, 0.15) is 11.7 Å².